The largest absolute Gasteiger partial charge is 0.495 e. The predicted octanol–water partition coefficient (Wildman–Crippen LogP) is 5.49. The van der Waals surface area contributed by atoms with E-state index in [1.165, 1.54) is 29.7 Å². The molecular formula is C27H23ClFN5O6S. The second-order valence-corrected chi connectivity index (χ2v) is 10.0. The first-order chi connectivity index (χ1) is 19.8. The van der Waals surface area contributed by atoms with Crippen LogP contribution in [0.3, 0.4) is 0 Å². The van der Waals surface area contributed by atoms with Gasteiger partial charge in [0.05, 0.1) is 37.3 Å². The summed E-state index contributed by atoms with van der Waals surface area (Å²) in [7, 11) is 1.56. The number of hydrogen-bond donors (Lipinski definition) is 2. The Bertz CT molecular complexity index is 1700. The van der Waals surface area contributed by atoms with E-state index in [2.05, 4.69) is 25.3 Å². The molecule has 0 aliphatic carbocycles. The Hall–Kier alpha value is -4.33. The number of carbonyl (C=O) groups is 1. The van der Waals surface area contributed by atoms with Gasteiger partial charge in [0.2, 0.25) is 5.88 Å². The van der Waals surface area contributed by atoms with Crippen LogP contribution in [0.25, 0.3) is 31.8 Å². The van der Waals surface area contributed by atoms with Crippen molar-refractivity contribution in [2.75, 3.05) is 32.2 Å². The van der Waals surface area contributed by atoms with Crippen LogP contribution in [0, 0.1) is 5.82 Å². The van der Waals surface area contributed by atoms with Gasteiger partial charge in [0, 0.05) is 28.1 Å². The third kappa shape index (κ3) is 6.70. The normalized spacial score (nSPS) is 11.8. The molecule has 0 spiro atoms. The lowest BCUT2D eigenvalue weighted by molar-refractivity contribution is 0.0941. The Morgan fingerprint density at radius 2 is 2.02 bits per heavy atom. The number of rotatable bonds is 10. The Morgan fingerprint density at radius 3 is 2.78 bits per heavy atom. The average Bonchev–Trinajstić information content (AvgIpc) is 3.37. The van der Waals surface area contributed by atoms with Crippen LogP contribution in [-0.2, 0) is 4.74 Å². The summed E-state index contributed by atoms with van der Waals surface area (Å²) in [5.74, 6) is -0.0604. The number of aliphatic hydroxyl groups excluding tert-OH is 1. The molecule has 0 bridgehead atoms. The van der Waals surface area contributed by atoms with Crippen LogP contribution < -0.4 is 19.5 Å². The van der Waals surface area contributed by atoms with Crippen LogP contribution in [0.5, 0.6) is 17.5 Å². The summed E-state index contributed by atoms with van der Waals surface area (Å²) in [6.07, 6.45) is 1.52. The minimum Gasteiger partial charge on any atom is -0.495 e. The number of nitrogens with zero attached hydrogens (tertiary/aromatic N) is 4. The smallest absolute Gasteiger partial charge is 0.411 e. The number of nitrogens with one attached hydrogen (secondary N) is 1. The van der Waals surface area contributed by atoms with E-state index in [0.29, 0.717) is 48.8 Å². The minimum atomic E-state index is -0.748. The number of anilines is 1. The highest BCUT2D eigenvalue weighted by molar-refractivity contribution is 7.21. The van der Waals surface area contributed by atoms with Gasteiger partial charge in [0.1, 0.15) is 40.4 Å². The first kappa shape index (κ1) is 28.2. The van der Waals surface area contributed by atoms with Gasteiger partial charge in [-0.3, -0.25) is 10.3 Å². The Labute approximate surface area is 241 Å². The summed E-state index contributed by atoms with van der Waals surface area (Å²) in [5, 5.41) is 13.1. The van der Waals surface area contributed by atoms with Crippen molar-refractivity contribution in [3.05, 3.63) is 59.6 Å². The molecule has 5 aromatic rings. The van der Waals surface area contributed by atoms with Crippen molar-refractivity contribution >= 4 is 56.0 Å². The molecule has 4 aromatic heterocycles. The lowest BCUT2D eigenvalue weighted by Crippen LogP contribution is -2.24. The molecule has 14 heteroatoms. The zero-order valence-corrected chi connectivity index (χ0v) is 23.3. The molecule has 1 amide bonds. The van der Waals surface area contributed by atoms with Gasteiger partial charge >= 0.3 is 6.09 Å². The number of aliphatic hydroxyl groups is 1. The molecule has 4 heterocycles. The van der Waals surface area contributed by atoms with Crippen molar-refractivity contribution in [1.29, 1.82) is 0 Å². The number of pyridine rings is 3. The van der Waals surface area contributed by atoms with Crippen molar-refractivity contribution in [3.63, 3.8) is 0 Å². The van der Waals surface area contributed by atoms with E-state index < -0.39 is 18.0 Å². The molecule has 0 saturated carbocycles. The Balaban J connectivity index is 1.25. The molecule has 0 unspecified atom stereocenters. The van der Waals surface area contributed by atoms with E-state index in [0.717, 1.165) is 5.39 Å². The lowest BCUT2D eigenvalue weighted by Gasteiger charge is -2.15. The highest BCUT2D eigenvalue weighted by atomic mass is 35.5. The summed E-state index contributed by atoms with van der Waals surface area (Å²) >= 11 is 7.59. The molecule has 0 aliphatic heterocycles. The third-order valence-electron chi connectivity index (χ3n) is 5.58. The quantitative estimate of drug-likeness (QED) is 0.212. The molecule has 0 radical (unpaired) electrons. The first-order valence-electron chi connectivity index (χ1n) is 12.2. The van der Waals surface area contributed by atoms with Crippen molar-refractivity contribution in [2.24, 2.45) is 0 Å². The van der Waals surface area contributed by atoms with Gasteiger partial charge in [-0.15, -0.1) is 0 Å². The van der Waals surface area contributed by atoms with E-state index >= 15 is 0 Å². The first-order valence-corrected chi connectivity index (χ1v) is 13.4. The predicted molar refractivity (Wildman–Crippen MR) is 152 cm³/mol. The van der Waals surface area contributed by atoms with Crippen LogP contribution in [0.4, 0.5) is 14.9 Å². The van der Waals surface area contributed by atoms with Gasteiger partial charge in [0.25, 0.3) is 5.88 Å². The number of benzene rings is 1. The monoisotopic (exact) mass is 599 g/mol. The maximum absolute atomic E-state index is 14.9. The number of amides is 1. The molecular weight excluding hydrogens is 577 g/mol. The van der Waals surface area contributed by atoms with E-state index in [1.807, 2.05) is 6.07 Å². The van der Waals surface area contributed by atoms with Gasteiger partial charge in [-0.25, -0.2) is 19.2 Å². The molecule has 1 atom stereocenters. The van der Waals surface area contributed by atoms with Crippen LogP contribution in [0.1, 0.15) is 6.92 Å². The van der Waals surface area contributed by atoms with Gasteiger partial charge < -0.3 is 24.1 Å². The maximum Gasteiger partial charge on any atom is 0.411 e. The number of carbonyl (C=O) groups excluding carboxylic acids is 1. The molecule has 2 N–H and O–H groups in total. The highest BCUT2D eigenvalue weighted by Gasteiger charge is 2.19. The second kappa shape index (κ2) is 12.5. The zero-order valence-electron chi connectivity index (χ0n) is 21.8. The number of methoxy groups -OCH3 is 1. The molecule has 41 heavy (non-hydrogen) atoms. The van der Waals surface area contributed by atoms with E-state index in [-0.39, 0.29) is 25.7 Å². The van der Waals surface area contributed by atoms with Crippen LogP contribution in [-0.4, -0.2) is 64.2 Å². The van der Waals surface area contributed by atoms with Gasteiger partial charge in [-0.1, -0.05) is 22.9 Å². The molecule has 1 aromatic carbocycles. The number of fused-ring (bicyclic) bond motifs is 2. The SMILES string of the molecule is COc1cnc2c(-c3nc4cc(F)c(O[C@@H](C)COC(=O)Nc5ccc(OCCO)nc5)nc4s3)cc(Cl)cc2c1. The summed E-state index contributed by atoms with van der Waals surface area (Å²) in [5.41, 5.74) is 2.07. The van der Waals surface area contributed by atoms with Crippen molar-refractivity contribution in [1.82, 2.24) is 19.9 Å². The summed E-state index contributed by atoms with van der Waals surface area (Å²) in [6.45, 7) is 1.41. The number of thiazole rings is 1. The standard InChI is InChI=1S/C27H23ClFN5O6S/c1-14(13-39-27(36)32-17-3-4-22(30-11-17)38-6-5-35)40-24-20(29)10-21-26(34-24)41-25(33-21)19-9-16(28)7-15-8-18(37-2)12-31-23(15)19/h3-4,7-12,14,35H,5-6,13H2,1-2H3,(H,32,36)/t14-/m0/s1. The molecule has 11 nitrogen and oxygen atoms in total. The molecule has 0 fully saturated rings. The van der Waals surface area contributed by atoms with Gasteiger partial charge in [-0.05, 0) is 31.2 Å². The molecule has 5 rings (SSSR count). The number of aromatic nitrogens is 4. The number of ether oxygens (including phenoxy) is 4. The molecule has 0 saturated heterocycles. The van der Waals surface area contributed by atoms with Crippen LogP contribution in [0.15, 0.2) is 48.8 Å². The van der Waals surface area contributed by atoms with Crippen LogP contribution >= 0.6 is 22.9 Å². The van der Waals surface area contributed by atoms with Gasteiger partial charge in [0.15, 0.2) is 5.82 Å². The Kier molecular flexibility index (Phi) is 8.57. The molecule has 0 aliphatic rings. The van der Waals surface area contributed by atoms with Crippen LogP contribution in [0.2, 0.25) is 5.02 Å². The minimum absolute atomic E-state index is 0.110. The lowest BCUT2D eigenvalue weighted by atomic mass is 10.1. The molecule has 212 valence electrons. The van der Waals surface area contributed by atoms with E-state index in [1.54, 1.807) is 38.4 Å². The van der Waals surface area contributed by atoms with E-state index in [4.69, 9.17) is 35.7 Å². The van der Waals surface area contributed by atoms with Crippen molar-refractivity contribution < 1.29 is 33.2 Å². The van der Waals surface area contributed by atoms with Crippen molar-refractivity contribution in [3.8, 4) is 28.1 Å². The fraction of sp³-hybridized carbons (Fsp3) is 0.222. The highest BCUT2D eigenvalue weighted by Crippen LogP contribution is 2.37. The summed E-state index contributed by atoms with van der Waals surface area (Å²) in [4.78, 5) is 30.0. The fourth-order valence-electron chi connectivity index (χ4n) is 3.75. The van der Waals surface area contributed by atoms with E-state index in [9.17, 15) is 9.18 Å². The van der Waals surface area contributed by atoms with Crippen molar-refractivity contribution in [2.45, 2.75) is 13.0 Å². The second-order valence-electron chi connectivity index (χ2n) is 8.63. The Morgan fingerprint density at radius 1 is 1.17 bits per heavy atom. The topological polar surface area (TPSA) is 138 Å². The summed E-state index contributed by atoms with van der Waals surface area (Å²) < 4.78 is 36.1. The average molecular weight is 600 g/mol. The number of hydrogen-bond acceptors (Lipinski definition) is 11. The third-order valence-corrected chi connectivity index (χ3v) is 6.80. The zero-order chi connectivity index (χ0) is 28.9. The fourth-order valence-corrected chi connectivity index (χ4v) is 4.91. The number of halogens is 2. The maximum atomic E-state index is 14.9. The van der Waals surface area contributed by atoms with Gasteiger partial charge in [-0.2, -0.15) is 4.98 Å². The summed E-state index contributed by atoms with van der Waals surface area (Å²) in [6, 6.07) is 9.68.